The molecule has 1 aromatic rings. The number of anilines is 1. The second-order valence-electron chi connectivity index (χ2n) is 4.86. The molecule has 0 bridgehead atoms. The fourth-order valence-corrected chi connectivity index (χ4v) is 2.60. The van der Waals surface area contributed by atoms with Crippen LogP contribution >= 0.6 is 11.8 Å². The van der Waals surface area contributed by atoms with Crippen LogP contribution in [-0.4, -0.2) is 30.0 Å². The molecule has 4 heteroatoms. The van der Waals surface area contributed by atoms with Crippen molar-refractivity contribution < 1.29 is 4.39 Å². The smallest absolute Gasteiger partial charge is 0.128 e. The lowest BCUT2D eigenvalue weighted by Gasteiger charge is -2.35. The number of hydrogen-bond donors (Lipinski definition) is 0. The van der Waals surface area contributed by atoms with E-state index in [1.165, 1.54) is 5.56 Å². The summed E-state index contributed by atoms with van der Waals surface area (Å²) in [4.78, 5) is 6.57. The Morgan fingerprint density at radius 2 is 2.18 bits per heavy atom. The van der Waals surface area contributed by atoms with E-state index in [0.29, 0.717) is 12.8 Å². The minimum Gasteiger partial charge on any atom is -0.356 e. The van der Waals surface area contributed by atoms with Crippen molar-refractivity contribution in [2.24, 2.45) is 0 Å². The maximum atomic E-state index is 13.7. The summed E-state index contributed by atoms with van der Waals surface area (Å²) >= 11 is 1.80. The third-order valence-electron chi connectivity index (χ3n) is 3.25. The molecular weight excluding hydrogens is 235 g/mol. The summed E-state index contributed by atoms with van der Waals surface area (Å²) in [5.41, 5.74) is 0.295. The van der Waals surface area contributed by atoms with Gasteiger partial charge in [-0.05, 0) is 43.7 Å². The zero-order chi connectivity index (χ0) is 12.3. The number of piperidine rings is 1. The highest BCUT2D eigenvalue weighted by Gasteiger charge is 2.29. The normalized spacial score (nSPS) is 19.4. The number of thioether (sulfide) groups is 1. The highest BCUT2D eigenvalue weighted by Crippen LogP contribution is 2.28. The summed E-state index contributed by atoms with van der Waals surface area (Å²) in [7, 11) is 0. The Hall–Kier alpha value is -0.770. The molecule has 1 aliphatic heterocycles. The molecule has 2 rings (SSSR count). The first-order valence-corrected chi connectivity index (χ1v) is 7.38. The molecule has 17 heavy (non-hydrogen) atoms. The van der Waals surface area contributed by atoms with Gasteiger partial charge in [-0.15, -0.1) is 0 Å². The van der Waals surface area contributed by atoms with E-state index in [1.54, 1.807) is 18.7 Å². The lowest BCUT2D eigenvalue weighted by Crippen LogP contribution is -2.40. The van der Waals surface area contributed by atoms with Gasteiger partial charge in [-0.1, -0.05) is 0 Å². The number of pyridine rings is 1. The average Bonchev–Trinajstić information content (AvgIpc) is 2.30. The van der Waals surface area contributed by atoms with Crippen molar-refractivity contribution in [1.82, 2.24) is 4.98 Å². The molecule has 1 aliphatic rings. The van der Waals surface area contributed by atoms with Gasteiger partial charge >= 0.3 is 0 Å². The number of nitrogens with zero attached hydrogens (tertiary/aromatic N) is 2. The van der Waals surface area contributed by atoms with Crippen LogP contribution in [0.5, 0.6) is 0 Å². The predicted octanol–water partition coefficient (Wildman–Crippen LogP) is 3.27. The van der Waals surface area contributed by atoms with Crippen LogP contribution in [0, 0.1) is 0 Å². The molecule has 0 aliphatic carbocycles. The zero-order valence-corrected chi connectivity index (χ0v) is 11.3. The monoisotopic (exact) mass is 254 g/mol. The Balaban J connectivity index is 2.05. The van der Waals surface area contributed by atoms with E-state index in [1.807, 2.05) is 12.3 Å². The Morgan fingerprint density at radius 1 is 1.47 bits per heavy atom. The Bertz CT molecular complexity index is 371. The second-order valence-corrected chi connectivity index (χ2v) is 5.72. The summed E-state index contributed by atoms with van der Waals surface area (Å²) in [5, 5.41) is 0. The minimum absolute atomic E-state index is 0.599. The van der Waals surface area contributed by atoms with Gasteiger partial charge in [0.1, 0.15) is 11.5 Å². The fraction of sp³-hybridized carbons (Fsp3) is 0.615. The molecule has 1 saturated heterocycles. The van der Waals surface area contributed by atoms with Crippen LogP contribution in [0.3, 0.4) is 0 Å². The van der Waals surface area contributed by atoms with Gasteiger partial charge in [0.2, 0.25) is 0 Å². The molecule has 2 heterocycles. The van der Waals surface area contributed by atoms with Crippen LogP contribution in [-0.2, 0) is 5.75 Å². The molecule has 1 aromatic heterocycles. The van der Waals surface area contributed by atoms with Crippen molar-refractivity contribution in [2.45, 2.75) is 31.2 Å². The molecule has 0 N–H and O–H groups in total. The molecule has 0 unspecified atom stereocenters. The molecule has 0 saturated carbocycles. The van der Waals surface area contributed by atoms with E-state index < -0.39 is 5.67 Å². The van der Waals surface area contributed by atoms with Gasteiger partial charge in [0.15, 0.2) is 0 Å². The van der Waals surface area contributed by atoms with Crippen LogP contribution < -0.4 is 4.90 Å². The second kappa shape index (κ2) is 5.25. The van der Waals surface area contributed by atoms with Gasteiger partial charge in [0.05, 0.1) is 0 Å². The molecule has 94 valence electrons. The van der Waals surface area contributed by atoms with Crippen LogP contribution in [0.1, 0.15) is 25.3 Å². The van der Waals surface area contributed by atoms with E-state index >= 15 is 0 Å². The van der Waals surface area contributed by atoms with Crippen LogP contribution in [0.2, 0.25) is 0 Å². The molecule has 0 radical (unpaired) electrons. The largest absolute Gasteiger partial charge is 0.356 e. The van der Waals surface area contributed by atoms with Crippen LogP contribution in [0.4, 0.5) is 10.2 Å². The van der Waals surface area contributed by atoms with Crippen molar-refractivity contribution in [3.63, 3.8) is 0 Å². The van der Waals surface area contributed by atoms with Gasteiger partial charge in [-0.3, -0.25) is 0 Å². The van der Waals surface area contributed by atoms with Gasteiger partial charge in [-0.2, -0.15) is 11.8 Å². The summed E-state index contributed by atoms with van der Waals surface area (Å²) < 4.78 is 13.7. The quantitative estimate of drug-likeness (QED) is 0.823. The molecule has 2 nitrogen and oxygen atoms in total. The molecule has 0 spiro atoms. The van der Waals surface area contributed by atoms with Crippen molar-refractivity contribution in [3.8, 4) is 0 Å². The van der Waals surface area contributed by atoms with Crippen molar-refractivity contribution in [3.05, 3.63) is 23.9 Å². The van der Waals surface area contributed by atoms with Crippen molar-refractivity contribution in [1.29, 1.82) is 0 Å². The van der Waals surface area contributed by atoms with Crippen LogP contribution in [0.15, 0.2) is 18.3 Å². The maximum absolute atomic E-state index is 13.7. The third-order valence-corrected chi connectivity index (χ3v) is 3.87. The SMILES string of the molecule is CSCc1ccnc(N2CCC(C)(F)CC2)c1. The Morgan fingerprint density at radius 3 is 2.82 bits per heavy atom. The summed E-state index contributed by atoms with van der Waals surface area (Å²) in [6, 6.07) is 4.17. The van der Waals surface area contributed by atoms with E-state index in [2.05, 4.69) is 22.2 Å². The van der Waals surface area contributed by atoms with E-state index in [0.717, 1.165) is 24.7 Å². The van der Waals surface area contributed by atoms with E-state index in [9.17, 15) is 4.39 Å². The van der Waals surface area contributed by atoms with Gasteiger partial charge in [0, 0.05) is 25.0 Å². The molecule has 1 fully saturated rings. The van der Waals surface area contributed by atoms with Crippen LogP contribution in [0.25, 0.3) is 0 Å². The van der Waals surface area contributed by atoms with E-state index in [4.69, 9.17) is 0 Å². The zero-order valence-electron chi connectivity index (χ0n) is 10.4. The lowest BCUT2D eigenvalue weighted by molar-refractivity contribution is 0.149. The Kier molecular flexibility index (Phi) is 3.92. The maximum Gasteiger partial charge on any atom is 0.128 e. The number of alkyl halides is 1. The first-order valence-electron chi connectivity index (χ1n) is 5.98. The lowest BCUT2D eigenvalue weighted by atomic mass is 9.96. The molecule has 0 aromatic carbocycles. The van der Waals surface area contributed by atoms with E-state index in [-0.39, 0.29) is 0 Å². The number of aromatic nitrogens is 1. The van der Waals surface area contributed by atoms with Gasteiger partial charge < -0.3 is 4.90 Å². The fourth-order valence-electron chi connectivity index (χ4n) is 2.09. The first-order chi connectivity index (χ1) is 8.11. The molecular formula is C13H19FN2S. The molecule has 0 amide bonds. The minimum atomic E-state index is -0.993. The first kappa shape index (κ1) is 12.7. The predicted molar refractivity (Wildman–Crippen MR) is 72.4 cm³/mol. The number of halogens is 1. The topological polar surface area (TPSA) is 16.1 Å². The van der Waals surface area contributed by atoms with Gasteiger partial charge in [-0.25, -0.2) is 9.37 Å². The van der Waals surface area contributed by atoms with Crippen molar-refractivity contribution >= 4 is 17.6 Å². The summed E-state index contributed by atoms with van der Waals surface area (Å²) in [5.74, 6) is 2.00. The standard InChI is InChI=1S/C13H19FN2S/c1-13(14)4-7-16(8-5-13)12-9-11(10-17-2)3-6-15-12/h3,6,9H,4-5,7-8,10H2,1-2H3. The van der Waals surface area contributed by atoms with Crippen molar-refractivity contribution in [2.75, 3.05) is 24.2 Å². The number of hydrogen-bond acceptors (Lipinski definition) is 3. The molecule has 0 atom stereocenters. The third kappa shape index (κ3) is 3.35. The number of rotatable bonds is 3. The highest BCUT2D eigenvalue weighted by atomic mass is 32.2. The average molecular weight is 254 g/mol. The Labute approximate surface area is 107 Å². The summed E-state index contributed by atoms with van der Waals surface area (Å²) in [6.45, 7) is 3.23. The van der Waals surface area contributed by atoms with Gasteiger partial charge in [0.25, 0.3) is 0 Å². The summed E-state index contributed by atoms with van der Waals surface area (Å²) in [6.07, 6.45) is 5.14. The highest BCUT2D eigenvalue weighted by molar-refractivity contribution is 7.97.